The van der Waals surface area contributed by atoms with Crippen LogP contribution in [0.3, 0.4) is 0 Å². The fourth-order valence-corrected chi connectivity index (χ4v) is 2.54. The molecule has 2 aromatic carbocycles. The van der Waals surface area contributed by atoms with Crippen molar-refractivity contribution in [2.45, 2.75) is 13.1 Å². The average Bonchev–Trinajstić information content (AvgIpc) is 2.93. The molecule has 0 bridgehead atoms. The summed E-state index contributed by atoms with van der Waals surface area (Å²) in [6.07, 6.45) is -3.33. The Balaban J connectivity index is 2.05. The molecule has 1 N–H and O–H groups in total. The van der Waals surface area contributed by atoms with E-state index in [1.165, 1.54) is 22.9 Å². The highest BCUT2D eigenvalue weighted by Gasteiger charge is 2.32. The van der Waals surface area contributed by atoms with Gasteiger partial charge in [-0.1, -0.05) is 42.0 Å². The largest absolute Gasteiger partial charge is 0.417 e. The van der Waals surface area contributed by atoms with Crippen molar-refractivity contribution >= 4 is 18.4 Å². The lowest BCUT2D eigenvalue weighted by Crippen LogP contribution is -2.09. The Morgan fingerprint density at radius 1 is 1.16 bits per heavy atom. The molecule has 1 aromatic heterocycles. The van der Waals surface area contributed by atoms with Crippen molar-refractivity contribution in [2.24, 2.45) is 5.10 Å². The predicted molar refractivity (Wildman–Crippen MR) is 92.0 cm³/mol. The van der Waals surface area contributed by atoms with E-state index in [0.717, 1.165) is 23.4 Å². The van der Waals surface area contributed by atoms with E-state index in [4.69, 9.17) is 12.2 Å². The van der Waals surface area contributed by atoms with E-state index in [9.17, 15) is 13.2 Å². The Kier molecular flexibility index (Phi) is 4.54. The van der Waals surface area contributed by atoms with E-state index in [-0.39, 0.29) is 10.3 Å². The highest BCUT2D eigenvalue weighted by atomic mass is 32.1. The molecule has 0 aliphatic rings. The highest BCUT2D eigenvalue weighted by molar-refractivity contribution is 7.71. The number of rotatable bonds is 3. The number of aryl methyl sites for hydroxylation is 1. The molecule has 0 radical (unpaired) electrons. The monoisotopic (exact) mass is 362 g/mol. The molecule has 0 fully saturated rings. The van der Waals surface area contributed by atoms with Gasteiger partial charge in [-0.05, 0) is 31.3 Å². The minimum atomic E-state index is -4.46. The van der Waals surface area contributed by atoms with Crippen molar-refractivity contribution in [3.8, 4) is 11.4 Å². The minimum absolute atomic E-state index is 0.0479. The Hall–Kier alpha value is -2.74. The molecule has 0 saturated heterocycles. The third-order valence-electron chi connectivity index (χ3n) is 3.51. The first kappa shape index (κ1) is 17.1. The van der Waals surface area contributed by atoms with Crippen LogP contribution in [0.25, 0.3) is 11.4 Å². The zero-order valence-corrected chi connectivity index (χ0v) is 13.9. The van der Waals surface area contributed by atoms with Crippen molar-refractivity contribution in [2.75, 3.05) is 0 Å². The molecule has 4 nitrogen and oxygen atoms in total. The summed E-state index contributed by atoms with van der Waals surface area (Å²) in [7, 11) is 0. The first-order valence-corrected chi connectivity index (χ1v) is 7.72. The first-order chi connectivity index (χ1) is 11.9. The van der Waals surface area contributed by atoms with Gasteiger partial charge in [0.1, 0.15) is 0 Å². The standard InChI is InChI=1S/C17H13F3N4S/c1-11-5-4-7-12(9-11)15-22-23-16(25)24(15)21-10-13-6-2-3-8-14(13)17(18,19)20/h2-10H,1H3,(H,23,25)/b21-10-. The summed E-state index contributed by atoms with van der Waals surface area (Å²) in [5.41, 5.74) is 0.970. The third kappa shape index (κ3) is 3.69. The van der Waals surface area contributed by atoms with Crippen molar-refractivity contribution in [1.82, 2.24) is 14.9 Å². The lowest BCUT2D eigenvalue weighted by atomic mass is 10.1. The predicted octanol–water partition coefficient (Wildman–Crippen LogP) is 4.82. The van der Waals surface area contributed by atoms with Gasteiger partial charge in [-0.3, -0.25) is 0 Å². The smallest absolute Gasteiger partial charge is 0.250 e. The van der Waals surface area contributed by atoms with Gasteiger partial charge in [-0.25, -0.2) is 5.10 Å². The number of alkyl halides is 3. The summed E-state index contributed by atoms with van der Waals surface area (Å²) in [6.45, 7) is 1.93. The van der Waals surface area contributed by atoms with E-state index in [2.05, 4.69) is 15.3 Å². The van der Waals surface area contributed by atoms with E-state index in [1.807, 2.05) is 31.2 Å². The second-order valence-corrected chi connectivity index (χ2v) is 5.75. The van der Waals surface area contributed by atoms with E-state index in [1.54, 1.807) is 0 Å². The average molecular weight is 362 g/mol. The van der Waals surface area contributed by atoms with Gasteiger partial charge < -0.3 is 0 Å². The van der Waals surface area contributed by atoms with Crippen molar-refractivity contribution in [3.63, 3.8) is 0 Å². The number of halogens is 3. The Labute approximate surface area is 146 Å². The Morgan fingerprint density at radius 3 is 2.64 bits per heavy atom. The molecule has 0 unspecified atom stereocenters. The highest BCUT2D eigenvalue weighted by Crippen LogP contribution is 2.31. The first-order valence-electron chi connectivity index (χ1n) is 7.31. The molecule has 3 rings (SSSR count). The quantitative estimate of drug-likeness (QED) is 0.536. The number of aromatic amines is 1. The van der Waals surface area contributed by atoms with Crippen LogP contribution in [0.5, 0.6) is 0 Å². The minimum Gasteiger partial charge on any atom is -0.250 e. The summed E-state index contributed by atoms with van der Waals surface area (Å²) in [4.78, 5) is 0. The molecule has 8 heteroatoms. The van der Waals surface area contributed by atoms with Gasteiger partial charge >= 0.3 is 6.18 Å². The molecule has 0 spiro atoms. The van der Waals surface area contributed by atoms with Gasteiger partial charge in [0, 0.05) is 11.1 Å². The van der Waals surface area contributed by atoms with Crippen molar-refractivity contribution in [1.29, 1.82) is 0 Å². The van der Waals surface area contributed by atoms with E-state index < -0.39 is 11.7 Å². The van der Waals surface area contributed by atoms with Crippen LogP contribution in [0.15, 0.2) is 53.6 Å². The number of aromatic nitrogens is 3. The maximum absolute atomic E-state index is 13.1. The van der Waals surface area contributed by atoms with E-state index in [0.29, 0.717) is 5.82 Å². The second kappa shape index (κ2) is 6.64. The number of nitrogens with one attached hydrogen (secondary N) is 1. The number of benzene rings is 2. The molecule has 1 heterocycles. The normalized spacial score (nSPS) is 12.0. The Morgan fingerprint density at radius 2 is 1.92 bits per heavy atom. The maximum atomic E-state index is 13.1. The third-order valence-corrected chi connectivity index (χ3v) is 3.77. The number of H-pyrrole nitrogens is 1. The van der Waals surface area contributed by atoms with Crippen LogP contribution < -0.4 is 0 Å². The maximum Gasteiger partial charge on any atom is 0.417 e. The van der Waals surface area contributed by atoms with Gasteiger partial charge in [-0.15, -0.1) is 0 Å². The van der Waals surface area contributed by atoms with Gasteiger partial charge in [0.05, 0.1) is 11.8 Å². The zero-order chi connectivity index (χ0) is 18.0. The van der Waals surface area contributed by atoms with Gasteiger partial charge in [-0.2, -0.15) is 28.0 Å². The molecule has 0 amide bonds. The molecule has 0 aliphatic heterocycles. The molecule has 25 heavy (non-hydrogen) atoms. The topological polar surface area (TPSA) is 46.0 Å². The van der Waals surface area contributed by atoms with Crippen LogP contribution in [-0.2, 0) is 6.18 Å². The van der Waals surface area contributed by atoms with Gasteiger partial charge in [0.15, 0.2) is 5.82 Å². The van der Waals surface area contributed by atoms with Crippen LogP contribution in [0.1, 0.15) is 16.7 Å². The van der Waals surface area contributed by atoms with Crippen molar-refractivity contribution in [3.05, 3.63) is 70.0 Å². The van der Waals surface area contributed by atoms with Crippen molar-refractivity contribution < 1.29 is 13.2 Å². The molecule has 0 aliphatic carbocycles. The molecular weight excluding hydrogens is 349 g/mol. The summed E-state index contributed by atoms with van der Waals surface area (Å²) in [5, 5.41) is 10.8. The fourth-order valence-electron chi connectivity index (χ4n) is 2.36. The molecule has 0 atom stereocenters. The van der Waals surface area contributed by atoms with Gasteiger partial charge in [0.25, 0.3) is 0 Å². The number of nitrogens with zero attached hydrogens (tertiary/aromatic N) is 3. The van der Waals surface area contributed by atoms with Crippen LogP contribution in [0, 0.1) is 11.7 Å². The van der Waals surface area contributed by atoms with Crippen LogP contribution in [-0.4, -0.2) is 21.1 Å². The van der Waals surface area contributed by atoms with Crippen LogP contribution >= 0.6 is 12.2 Å². The summed E-state index contributed by atoms with van der Waals surface area (Å²) in [6, 6.07) is 12.7. The lowest BCUT2D eigenvalue weighted by molar-refractivity contribution is -0.137. The lowest BCUT2D eigenvalue weighted by Gasteiger charge is -2.09. The number of hydrogen-bond donors (Lipinski definition) is 1. The molecule has 128 valence electrons. The van der Waals surface area contributed by atoms with Crippen LogP contribution in [0.2, 0.25) is 0 Å². The zero-order valence-electron chi connectivity index (χ0n) is 13.1. The SMILES string of the molecule is Cc1cccc(-c2n[nH]c(=S)n2/N=C\c2ccccc2C(F)(F)F)c1. The van der Waals surface area contributed by atoms with E-state index >= 15 is 0 Å². The van der Waals surface area contributed by atoms with Crippen LogP contribution in [0.4, 0.5) is 13.2 Å². The Bertz CT molecular complexity index is 986. The summed E-state index contributed by atoms with van der Waals surface area (Å²) < 4.78 is 40.7. The fraction of sp³-hybridized carbons (Fsp3) is 0.118. The number of hydrogen-bond acceptors (Lipinski definition) is 3. The summed E-state index contributed by atoms with van der Waals surface area (Å²) >= 11 is 5.14. The molecular formula is C17H13F3N4S. The molecule has 3 aromatic rings. The van der Waals surface area contributed by atoms with Gasteiger partial charge in [0.2, 0.25) is 4.77 Å². The molecule has 0 saturated carbocycles. The summed E-state index contributed by atoms with van der Waals surface area (Å²) in [5.74, 6) is 0.425. The second-order valence-electron chi connectivity index (χ2n) is 5.36.